The molecule has 1 aliphatic rings. The number of likely N-dealkylation sites (tertiary alicyclic amines) is 1. The number of amides is 1. The highest BCUT2D eigenvalue weighted by Crippen LogP contribution is 2.16. The Kier molecular flexibility index (Phi) is 7.82. The van der Waals surface area contributed by atoms with E-state index >= 15 is 0 Å². The van der Waals surface area contributed by atoms with E-state index in [1.54, 1.807) is 7.11 Å². The zero-order valence-corrected chi connectivity index (χ0v) is 14.3. The summed E-state index contributed by atoms with van der Waals surface area (Å²) in [6, 6.07) is 7.49. The van der Waals surface area contributed by atoms with Crippen LogP contribution in [0.2, 0.25) is 5.02 Å². The zero-order chi connectivity index (χ0) is 16.5. The molecule has 2 rings (SSSR count). The topological polar surface area (TPSA) is 50.8 Å². The lowest BCUT2D eigenvalue weighted by Crippen LogP contribution is -2.33. The van der Waals surface area contributed by atoms with E-state index in [9.17, 15) is 4.79 Å². The first kappa shape index (κ1) is 18.2. The minimum atomic E-state index is -0.0765. The number of ether oxygens (including phenoxy) is 2. The lowest BCUT2D eigenvalue weighted by atomic mass is 10.1. The van der Waals surface area contributed by atoms with E-state index in [1.165, 1.54) is 0 Å². The Morgan fingerprint density at radius 3 is 3.04 bits per heavy atom. The molecule has 6 heteroatoms. The maximum atomic E-state index is 11.8. The predicted octanol–water partition coefficient (Wildman–Crippen LogP) is 1.94. The van der Waals surface area contributed by atoms with Gasteiger partial charge in [0.05, 0.1) is 13.2 Å². The van der Waals surface area contributed by atoms with Gasteiger partial charge < -0.3 is 19.7 Å². The Morgan fingerprint density at radius 1 is 1.43 bits per heavy atom. The van der Waals surface area contributed by atoms with Crippen molar-refractivity contribution >= 4 is 17.5 Å². The molecule has 0 spiro atoms. The lowest BCUT2D eigenvalue weighted by Gasteiger charge is -2.15. The van der Waals surface area contributed by atoms with Crippen LogP contribution in [-0.2, 0) is 20.9 Å². The van der Waals surface area contributed by atoms with Gasteiger partial charge in [0.1, 0.15) is 6.61 Å². The largest absolute Gasteiger partial charge is 0.383 e. The molecule has 0 aliphatic carbocycles. The van der Waals surface area contributed by atoms with Gasteiger partial charge in [0.2, 0.25) is 5.91 Å². The number of hydrogen-bond donors (Lipinski definition) is 1. The molecule has 1 aliphatic heterocycles. The second kappa shape index (κ2) is 9.88. The summed E-state index contributed by atoms with van der Waals surface area (Å²) in [6.07, 6.45) is 1.12. The summed E-state index contributed by atoms with van der Waals surface area (Å²) in [4.78, 5) is 14.2. The Hall–Kier alpha value is -1.14. The van der Waals surface area contributed by atoms with Crippen LogP contribution >= 0.6 is 11.6 Å². The summed E-state index contributed by atoms with van der Waals surface area (Å²) in [6.45, 7) is 4.93. The van der Waals surface area contributed by atoms with Crippen LogP contribution in [0.3, 0.4) is 0 Å². The zero-order valence-electron chi connectivity index (χ0n) is 13.6. The van der Waals surface area contributed by atoms with Gasteiger partial charge in [0, 0.05) is 31.8 Å². The van der Waals surface area contributed by atoms with Crippen molar-refractivity contribution < 1.29 is 14.3 Å². The van der Waals surface area contributed by atoms with Crippen molar-refractivity contribution in [2.24, 2.45) is 5.92 Å². The molecule has 1 amide bonds. The number of benzene rings is 1. The molecule has 0 aromatic heterocycles. The van der Waals surface area contributed by atoms with E-state index in [0.29, 0.717) is 24.1 Å². The van der Waals surface area contributed by atoms with Crippen LogP contribution in [0.4, 0.5) is 0 Å². The van der Waals surface area contributed by atoms with Crippen LogP contribution < -0.4 is 5.32 Å². The Bertz CT molecular complexity index is 498. The van der Waals surface area contributed by atoms with E-state index in [0.717, 1.165) is 38.2 Å². The minimum Gasteiger partial charge on any atom is -0.383 e. The Morgan fingerprint density at radius 2 is 2.26 bits per heavy atom. The number of hydrogen-bond acceptors (Lipinski definition) is 4. The molecule has 0 unspecified atom stereocenters. The fourth-order valence-corrected chi connectivity index (χ4v) is 2.87. The predicted molar refractivity (Wildman–Crippen MR) is 90.5 cm³/mol. The Labute approximate surface area is 142 Å². The first-order valence-electron chi connectivity index (χ1n) is 7.98. The third-order valence-corrected chi connectivity index (χ3v) is 4.39. The summed E-state index contributed by atoms with van der Waals surface area (Å²) in [5.41, 5.74) is 0.895. The first-order chi connectivity index (χ1) is 11.2. The standard InChI is InChI=1S/C17H25ClN2O3/c1-22-9-8-20-7-6-14(11-20)10-19-17(21)13-23-12-15-4-2-3-5-16(15)18/h2-5,14H,6-13H2,1H3,(H,19,21)/t14-/m0/s1. The maximum absolute atomic E-state index is 11.8. The quantitative estimate of drug-likeness (QED) is 0.746. The number of halogens is 1. The number of rotatable bonds is 9. The molecule has 0 radical (unpaired) electrons. The second-order valence-corrected chi connectivity index (χ2v) is 6.24. The highest BCUT2D eigenvalue weighted by Gasteiger charge is 2.22. The molecule has 23 heavy (non-hydrogen) atoms. The smallest absolute Gasteiger partial charge is 0.246 e. The van der Waals surface area contributed by atoms with Gasteiger partial charge in [0.15, 0.2) is 0 Å². The SMILES string of the molecule is COCCN1CC[C@@H](CNC(=O)COCc2ccccc2Cl)C1. The molecular formula is C17H25ClN2O3. The summed E-state index contributed by atoms with van der Waals surface area (Å²) >= 11 is 6.04. The van der Waals surface area contributed by atoms with E-state index in [2.05, 4.69) is 10.2 Å². The van der Waals surface area contributed by atoms with Gasteiger partial charge in [-0.25, -0.2) is 0 Å². The van der Waals surface area contributed by atoms with Crippen molar-refractivity contribution in [3.05, 3.63) is 34.9 Å². The number of carbonyl (C=O) groups excluding carboxylic acids is 1. The van der Waals surface area contributed by atoms with Gasteiger partial charge in [-0.05, 0) is 30.5 Å². The molecular weight excluding hydrogens is 316 g/mol. The van der Waals surface area contributed by atoms with Crippen LogP contribution in [0.5, 0.6) is 0 Å². The average molecular weight is 341 g/mol. The van der Waals surface area contributed by atoms with E-state index < -0.39 is 0 Å². The number of methoxy groups -OCH3 is 1. The van der Waals surface area contributed by atoms with Gasteiger partial charge in [-0.15, -0.1) is 0 Å². The molecule has 1 aromatic rings. The minimum absolute atomic E-state index is 0.0608. The van der Waals surface area contributed by atoms with Crippen molar-refractivity contribution in [1.29, 1.82) is 0 Å². The lowest BCUT2D eigenvalue weighted by molar-refractivity contribution is -0.126. The number of nitrogens with one attached hydrogen (secondary N) is 1. The molecule has 1 aromatic carbocycles. The van der Waals surface area contributed by atoms with Crippen molar-refractivity contribution in [1.82, 2.24) is 10.2 Å². The molecule has 0 saturated carbocycles. The summed E-state index contributed by atoms with van der Waals surface area (Å²) in [5.74, 6) is 0.437. The summed E-state index contributed by atoms with van der Waals surface area (Å²) in [5, 5.41) is 3.61. The molecule has 1 saturated heterocycles. The van der Waals surface area contributed by atoms with Crippen LogP contribution in [0, 0.1) is 5.92 Å². The normalized spacial score (nSPS) is 18.3. The fraction of sp³-hybridized carbons (Fsp3) is 0.588. The van der Waals surface area contributed by atoms with Gasteiger partial charge in [-0.1, -0.05) is 29.8 Å². The molecule has 5 nitrogen and oxygen atoms in total. The summed E-state index contributed by atoms with van der Waals surface area (Å²) in [7, 11) is 1.72. The van der Waals surface area contributed by atoms with Crippen LogP contribution in [-0.4, -0.2) is 57.3 Å². The van der Waals surface area contributed by atoms with Crippen molar-refractivity contribution in [2.75, 3.05) is 46.5 Å². The Balaban J connectivity index is 1.58. The molecule has 0 bridgehead atoms. The highest BCUT2D eigenvalue weighted by atomic mass is 35.5. The molecule has 1 atom stereocenters. The first-order valence-corrected chi connectivity index (χ1v) is 8.36. The molecule has 1 heterocycles. The molecule has 1 N–H and O–H groups in total. The molecule has 1 fully saturated rings. The van der Waals surface area contributed by atoms with Crippen molar-refractivity contribution in [3.8, 4) is 0 Å². The van der Waals surface area contributed by atoms with Gasteiger partial charge in [-0.2, -0.15) is 0 Å². The van der Waals surface area contributed by atoms with Crippen LogP contribution in [0.25, 0.3) is 0 Å². The third kappa shape index (κ3) is 6.47. The number of nitrogens with zero attached hydrogens (tertiary/aromatic N) is 1. The molecule has 128 valence electrons. The maximum Gasteiger partial charge on any atom is 0.246 e. The van der Waals surface area contributed by atoms with Gasteiger partial charge >= 0.3 is 0 Å². The van der Waals surface area contributed by atoms with Crippen LogP contribution in [0.1, 0.15) is 12.0 Å². The third-order valence-electron chi connectivity index (χ3n) is 4.02. The number of carbonyl (C=O) groups is 1. The van der Waals surface area contributed by atoms with E-state index in [-0.39, 0.29) is 12.5 Å². The van der Waals surface area contributed by atoms with E-state index in [4.69, 9.17) is 21.1 Å². The second-order valence-electron chi connectivity index (χ2n) is 5.84. The van der Waals surface area contributed by atoms with Crippen molar-refractivity contribution in [2.45, 2.75) is 13.0 Å². The van der Waals surface area contributed by atoms with Crippen molar-refractivity contribution in [3.63, 3.8) is 0 Å². The van der Waals surface area contributed by atoms with Crippen LogP contribution in [0.15, 0.2) is 24.3 Å². The average Bonchev–Trinajstić information content (AvgIpc) is 3.01. The fourth-order valence-electron chi connectivity index (χ4n) is 2.68. The highest BCUT2D eigenvalue weighted by molar-refractivity contribution is 6.31. The van der Waals surface area contributed by atoms with Gasteiger partial charge in [0.25, 0.3) is 0 Å². The summed E-state index contributed by atoms with van der Waals surface area (Å²) < 4.78 is 10.5. The van der Waals surface area contributed by atoms with Gasteiger partial charge in [-0.3, -0.25) is 4.79 Å². The van der Waals surface area contributed by atoms with E-state index in [1.807, 2.05) is 24.3 Å². The monoisotopic (exact) mass is 340 g/mol.